The van der Waals surface area contributed by atoms with Crippen molar-refractivity contribution in [1.82, 2.24) is 0 Å². The maximum Gasteiger partial charge on any atom is 0.338 e. The lowest BCUT2D eigenvalue weighted by atomic mass is 10.2. The van der Waals surface area contributed by atoms with Crippen molar-refractivity contribution in [2.45, 2.75) is 6.42 Å². The topological polar surface area (TPSA) is 70.8 Å². The van der Waals surface area contributed by atoms with Gasteiger partial charge in [-0.15, -0.1) is 0 Å². The Hall–Kier alpha value is -1.59. The van der Waals surface area contributed by atoms with Crippen LogP contribution in [0.3, 0.4) is 0 Å². The van der Waals surface area contributed by atoms with Gasteiger partial charge in [-0.3, -0.25) is 0 Å². The minimum atomic E-state index is -0.365. The van der Waals surface area contributed by atoms with Crippen LogP contribution in [-0.2, 0) is 14.2 Å². The Labute approximate surface area is 107 Å². The molecule has 0 radical (unpaired) electrons. The van der Waals surface area contributed by atoms with Gasteiger partial charge in [0.2, 0.25) is 0 Å². The number of esters is 1. The second-order valence-corrected chi connectivity index (χ2v) is 3.72. The molecule has 18 heavy (non-hydrogen) atoms. The summed E-state index contributed by atoms with van der Waals surface area (Å²) in [7, 11) is 1.65. The van der Waals surface area contributed by atoms with Gasteiger partial charge in [0.25, 0.3) is 0 Å². The monoisotopic (exact) mass is 253 g/mol. The van der Waals surface area contributed by atoms with Crippen LogP contribution in [0.5, 0.6) is 0 Å². The Kier molecular flexibility index (Phi) is 6.83. The molecule has 0 aliphatic carbocycles. The molecule has 0 aliphatic rings. The number of carbonyl (C=O) groups excluding carboxylic acids is 1. The van der Waals surface area contributed by atoms with E-state index in [1.54, 1.807) is 31.4 Å². The molecular weight excluding hydrogens is 234 g/mol. The second-order valence-electron chi connectivity index (χ2n) is 3.72. The highest BCUT2D eigenvalue weighted by Gasteiger charge is 2.05. The summed E-state index contributed by atoms with van der Waals surface area (Å²) in [6, 6.07) is 6.60. The van der Waals surface area contributed by atoms with Crippen LogP contribution in [0.25, 0.3) is 0 Å². The Morgan fingerprint density at radius 1 is 1.11 bits per heavy atom. The van der Waals surface area contributed by atoms with Gasteiger partial charge in [0.15, 0.2) is 0 Å². The third-order valence-corrected chi connectivity index (χ3v) is 2.24. The maximum atomic E-state index is 11.6. The van der Waals surface area contributed by atoms with E-state index in [4.69, 9.17) is 19.9 Å². The van der Waals surface area contributed by atoms with E-state index in [-0.39, 0.29) is 12.6 Å². The van der Waals surface area contributed by atoms with E-state index < -0.39 is 0 Å². The first-order valence-electron chi connectivity index (χ1n) is 5.83. The first-order valence-corrected chi connectivity index (χ1v) is 5.83. The first-order chi connectivity index (χ1) is 8.74. The average molecular weight is 253 g/mol. The van der Waals surface area contributed by atoms with Gasteiger partial charge in [-0.1, -0.05) is 0 Å². The van der Waals surface area contributed by atoms with Crippen molar-refractivity contribution < 1.29 is 19.0 Å². The summed E-state index contributed by atoms with van der Waals surface area (Å²) in [5, 5.41) is 0. The molecule has 0 atom stereocenters. The fourth-order valence-corrected chi connectivity index (χ4v) is 1.30. The van der Waals surface area contributed by atoms with Crippen molar-refractivity contribution in [2.24, 2.45) is 0 Å². The number of nitrogens with two attached hydrogens (primary N) is 1. The second kappa shape index (κ2) is 8.49. The molecule has 0 unspecified atom stereocenters. The zero-order chi connectivity index (χ0) is 13.2. The SMILES string of the molecule is COCCCOCCOC(=O)c1ccc(N)cc1. The first kappa shape index (κ1) is 14.5. The largest absolute Gasteiger partial charge is 0.460 e. The number of methoxy groups -OCH3 is 1. The zero-order valence-corrected chi connectivity index (χ0v) is 10.6. The normalized spacial score (nSPS) is 10.3. The summed E-state index contributed by atoms with van der Waals surface area (Å²) >= 11 is 0. The molecule has 0 amide bonds. The van der Waals surface area contributed by atoms with Crippen molar-refractivity contribution in [3.63, 3.8) is 0 Å². The quantitative estimate of drug-likeness (QED) is 0.431. The Balaban J connectivity index is 2.12. The van der Waals surface area contributed by atoms with Crippen molar-refractivity contribution >= 4 is 11.7 Å². The molecular formula is C13H19NO4. The van der Waals surface area contributed by atoms with Gasteiger partial charge < -0.3 is 19.9 Å². The third kappa shape index (κ3) is 5.65. The van der Waals surface area contributed by atoms with Crippen molar-refractivity contribution in [3.05, 3.63) is 29.8 Å². The predicted molar refractivity (Wildman–Crippen MR) is 68.4 cm³/mol. The van der Waals surface area contributed by atoms with Crippen molar-refractivity contribution in [2.75, 3.05) is 39.3 Å². The molecule has 1 aromatic carbocycles. The zero-order valence-electron chi connectivity index (χ0n) is 10.6. The summed E-state index contributed by atoms with van der Waals surface area (Å²) in [6.45, 7) is 1.92. The number of rotatable bonds is 8. The van der Waals surface area contributed by atoms with Crippen LogP contribution in [-0.4, -0.2) is 39.5 Å². The summed E-state index contributed by atoms with van der Waals surface area (Å²) in [5.41, 5.74) is 6.63. The fraction of sp³-hybridized carbons (Fsp3) is 0.462. The van der Waals surface area contributed by atoms with Gasteiger partial charge in [-0.2, -0.15) is 0 Å². The molecule has 0 spiro atoms. The van der Waals surface area contributed by atoms with Gasteiger partial charge >= 0.3 is 5.97 Å². The molecule has 0 aliphatic heterocycles. The molecule has 1 rings (SSSR count). The number of hydrogen-bond acceptors (Lipinski definition) is 5. The van der Waals surface area contributed by atoms with E-state index in [1.807, 2.05) is 0 Å². The Bertz CT molecular complexity index is 351. The van der Waals surface area contributed by atoms with Crippen LogP contribution in [0.15, 0.2) is 24.3 Å². The molecule has 100 valence electrons. The minimum absolute atomic E-state index is 0.246. The van der Waals surface area contributed by atoms with Gasteiger partial charge in [-0.05, 0) is 30.7 Å². The third-order valence-electron chi connectivity index (χ3n) is 2.24. The molecule has 2 N–H and O–H groups in total. The number of carbonyl (C=O) groups is 1. The molecule has 0 fully saturated rings. The highest BCUT2D eigenvalue weighted by molar-refractivity contribution is 5.89. The van der Waals surface area contributed by atoms with Crippen LogP contribution in [0.1, 0.15) is 16.8 Å². The van der Waals surface area contributed by atoms with Gasteiger partial charge in [0.1, 0.15) is 6.61 Å². The smallest absolute Gasteiger partial charge is 0.338 e. The summed E-state index contributed by atoms with van der Waals surface area (Å²) in [5.74, 6) is -0.365. The van der Waals surface area contributed by atoms with Gasteiger partial charge in [-0.25, -0.2) is 4.79 Å². The molecule has 0 bridgehead atoms. The summed E-state index contributed by atoms with van der Waals surface area (Å²) in [6.07, 6.45) is 0.836. The maximum absolute atomic E-state index is 11.6. The molecule has 5 heteroatoms. The van der Waals surface area contributed by atoms with Crippen LogP contribution in [0.2, 0.25) is 0 Å². The predicted octanol–water partition coefficient (Wildman–Crippen LogP) is 1.48. The lowest BCUT2D eigenvalue weighted by Gasteiger charge is -2.06. The summed E-state index contributed by atoms with van der Waals surface area (Å²) < 4.78 is 15.2. The van der Waals surface area contributed by atoms with E-state index in [0.29, 0.717) is 31.1 Å². The lowest BCUT2D eigenvalue weighted by Crippen LogP contribution is -2.11. The molecule has 0 heterocycles. The standard InChI is InChI=1S/C13H19NO4/c1-16-7-2-8-17-9-10-18-13(15)11-3-5-12(14)6-4-11/h3-6H,2,7-10,14H2,1H3. The number of anilines is 1. The minimum Gasteiger partial charge on any atom is -0.460 e. The van der Waals surface area contributed by atoms with E-state index in [1.165, 1.54) is 0 Å². The Morgan fingerprint density at radius 2 is 1.83 bits per heavy atom. The molecule has 5 nitrogen and oxygen atoms in total. The lowest BCUT2D eigenvalue weighted by molar-refractivity contribution is 0.0288. The Morgan fingerprint density at radius 3 is 2.50 bits per heavy atom. The van der Waals surface area contributed by atoms with E-state index in [0.717, 1.165) is 6.42 Å². The highest BCUT2D eigenvalue weighted by Crippen LogP contribution is 2.06. The molecule has 0 aromatic heterocycles. The van der Waals surface area contributed by atoms with Gasteiger partial charge in [0.05, 0.1) is 12.2 Å². The van der Waals surface area contributed by atoms with Crippen LogP contribution >= 0.6 is 0 Å². The number of benzene rings is 1. The number of nitrogen functional groups attached to an aromatic ring is 1. The number of hydrogen-bond donors (Lipinski definition) is 1. The van der Waals surface area contributed by atoms with Crippen LogP contribution in [0, 0.1) is 0 Å². The van der Waals surface area contributed by atoms with E-state index in [9.17, 15) is 4.79 Å². The fourth-order valence-electron chi connectivity index (χ4n) is 1.30. The van der Waals surface area contributed by atoms with E-state index >= 15 is 0 Å². The van der Waals surface area contributed by atoms with Crippen molar-refractivity contribution in [3.8, 4) is 0 Å². The highest BCUT2D eigenvalue weighted by atomic mass is 16.6. The average Bonchev–Trinajstić information content (AvgIpc) is 2.38. The molecule has 0 saturated carbocycles. The van der Waals surface area contributed by atoms with E-state index in [2.05, 4.69) is 0 Å². The summed E-state index contributed by atoms with van der Waals surface area (Å²) in [4.78, 5) is 11.6. The number of ether oxygens (including phenoxy) is 3. The molecule has 0 saturated heterocycles. The van der Waals surface area contributed by atoms with Crippen LogP contribution in [0.4, 0.5) is 5.69 Å². The van der Waals surface area contributed by atoms with Crippen molar-refractivity contribution in [1.29, 1.82) is 0 Å². The van der Waals surface area contributed by atoms with Crippen LogP contribution < -0.4 is 5.73 Å². The molecule has 1 aromatic rings. The van der Waals surface area contributed by atoms with Gasteiger partial charge in [0, 0.05) is 26.0 Å².